The van der Waals surface area contributed by atoms with Crippen molar-refractivity contribution in [2.24, 2.45) is 5.92 Å². The SMILES string of the molecule is C=C=C1C[C@@H](c2ccccc2)O[C@H]1C1CCCCC1. The minimum atomic E-state index is 0.206. The van der Waals surface area contributed by atoms with Crippen LogP contribution in [0.1, 0.15) is 50.2 Å². The van der Waals surface area contributed by atoms with Crippen molar-refractivity contribution in [1.29, 1.82) is 0 Å². The van der Waals surface area contributed by atoms with Crippen LogP contribution in [-0.4, -0.2) is 6.10 Å². The minimum Gasteiger partial charge on any atom is -0.365 e. The summed E-state index contributed by atoms with van der Waals surface area (Å²) in [6.45, 7) is 3.87. The Kier molecular flexibility index (Phi) is 3.87. The molecular weight excluding hydrogens is 232 g/mol. The van der Waals surface area contributed by atoms with Crippen molar-refractivity contribution >= 4 is 0 Å². The Bertz CT molecular complexity index is 464. The molecule has 1 heteroatoms. The second-order valence-corrected chi connectivity index (χ2v) is 5.76. The van der Waals surface area contributed by atoms with Gasteiger partial charge in [-0.1, -0.05) is 56.2 Å². The third-order valence-corrected chi connectivity index (χ3v) is 4.54. The fourth-order valence-corrected chi connectivity index (χ4v) is 3.49. The van der Waals surface area contributed by atoms with Crippen molar-refractivity contribution in [3.63, 3.8) is 0 Å². The average molecular weight is 254 g/mol. The molecular formula is C18H22O. The maximum atomic E-state index is 6.35. The Morgan fingerprint density at radius 2 is 1.79 bits per heavy atom. The van der Waals surface area contributed by atoms with E-state index in [-0.39, 0.29) is 12.2 Å². The molecule has 2 atom stereocenters. The van der Waals surface area contributed by atoms with Gasteiger partial charge in [-0.2, -0.15) is 0 Å². The molecule has 0 radical (unpaired) electrons. The molecule has 1 saturated carbocycles. The number of hydrogen-bond acceptors (Lipinski definition) is 1. The zero-order valence-electron chi connectivity index (χ0n) is 11.5. The van der Waals surface area contributed by atoms with Crippen LogP contribution in [0.15, 0.2) is 48.2 Å². The van der Waals surface area contributed by atoms with Gasteiger partial charge in [0.15, 0.2) is 0 Å². The summed E-state index contributed by atoms with van der Waals surface area (Å²) in [4.78, 5) is 0. The quantitative estimate of drug-likeness (QED) is 0.688. The Balaban J connectivity index is 1.77. The van der Waals surface area contributed by atoms with Crippen LogP contribution in [-0.2, 0) is 4.74 Å². The Morgan fingerprint density at radius 1 is 1.05 bits per heavy atom. The number of ether oxygens (including phenoxy) is 1. The topological polar surface area (TPSA) is 9.23 Å². The first-order valence-corrected chi connectivity index (χ1v) is 7.47. The Labute approximate surface area is 116 Å². The summed E-state index contributed by atoms with van der Waals surface area (Å²) < 4.78 is 6.35. The van der Waals surface area contributed by atoms with Gasteiger partial charge >= 0.3 is 0 Å². The molecule has 1 aromatic rings. The van der Waals surface area contributed by atoms with E-state index >= 15 is 0 Å². The van der Waals surface area contributed by atoms with E-state index in [1.165, 1.54) is 43.2 Å². The molecule has 1 aromatic carbocycles. The van der Waals surface area contributed by atoms with Gasteiger partial charge < -0.3 is 4.74 Å². The highest BCUT2D eigenvalue weighted by Gasteiger charge is 2.36. The predicted octanol–water partition coefficient (Wildman–Crippen LogP) is 4.81. The Morgan fingerprint density at radius 3 is 2.47 bits per heavy atom. The summed E-state index contributed by atoms with van der Waals surface area (Å²) in [5.41, 5.74) is 5.73. The summed E-state index contributed by atoms with van der Waals surface area (Å²) in [7, 11) is 0. The van der Waals surface area contributed by atoms with E-state index in [9.17, 15) is 0 Å². The molecule has 0 bridgehead atoms. The lowest BCUT2D eigenvalue weighted by Gasteiger charge is -2.27. The number of rotatable bonds is 2. The third kappa shape index (κ3) is 2.68. The van der Waals surface area contributed by atoms with Crippen molar-refractivity contribution in [3.05, 3.63) is 53.8 Å². The molecule has 1 aliphatic carbocycles. The summed E-state index contributed by atoms with van der Waals surface area (Å²) in [5, 5.41) is 0. The molecule has 3 rings (SSSR count). The first kappa shape index (κ1) is 12.7. The summed E-state index contributed by atoms with van der Waals surface area (Å²) in [5.74, 6) is 0.687. The molecule has 0 spiro atoms. The van der Waals surface area contributed by atoms with Crippen molar-refractivity contribution in [3.8, 4) is 0 Å². The molecule has 1 saturated heterocycles. The highest BCUT2D eigenvalue weighted by molar-refractivity contribution is 5.24. The van der Waals surface area contributed by atoms with Crippen molar-refractivity contribution in [2.75, 3.05) is 0 Å². The van der Waals surface area contributed by atoms with Crippen LogP contribution in [0.4, 0.5) is 0 Å². The van der Waals surface area contributed by atoms with Gasteiger partial charge in [0, 0.05) is 12.0 Å². The van der Waals surface area contributed by atoms with Gasteiger partial charge in [-0.15, -0.1) is 5.73 Å². The van der Waals surface area contributed by atoms with E-state index in [1.54, 1.807) is 0 Å². The first-order chi connectivity index (χ1) is 9.38. The van der Waals surface area contributed by atoms with E-state index in [0.29, 0.717) is 5.92 Å². The van der Waals surface area contributed by atoms with E-state index in [4.69, 9.17) is 4.74 Å². The predicted molar refractivity (Wildman–Crippen MR) is 77.9 cm³/mol. The fourth-order valence-electron chi connectivity index (χ4n) is 3.49. The van der Waals surface area contributed by atoms with Gasteiger partial charge in [0.25, 0.3) is 0 Å². The second-order valence-electron chi connectivity index (χ2n) is 5.76. The molecule has 1 heterocycles. The average Bonchev–Trinajstić information content (AvgIpc) is 2.93. The molecule has 0 N–H and O–H groups in total. The van der Waals surface area contributed by atoms with Crippen LogP contribution in [0.3, 0.4) is 0 Å². The molecule has 2 aliphatic rings. The first-order valence-electron chi connectivity index (χ1n) is 7.47. The smallest absolute Gasteiger partial charge is 0.0896 e. The number of benzene rings is 1. The van der Waals surface area contributed by atoms with E-state index < -0.39 is 0 Å². The molecule has 0 unspecified atom stereocenters. The normalized spacial score (nSPS) is 28.3. The highest BCUT2D eigenvalue weighted by atomic mass is 16.5. The van der Waals surface area contributed by atoms with E-state index in [1.807, 2.05) is 0 Å². The van der Waals surface area contributed by atoms with Crippen LogP contribution in [0, 0.1) is 5.92 Å². The zero-order chi connectivity index (χ0) is 13.1. The molecule has 2 fully saturated rings. The van der Waals surface area contributed by atoms with Gasteiger partial charge in [-0.25, -0.2) is 0 Å². The van der Waals surface area contributed by atoms with Gasteiger partial charge in [-0.3, -0.25) is 0 Å². The lowest BCUT2D eigenvalue weighted by Crippen LogP contribution is -2.23. The van der Waals surface area contributed by atoms with Crippen LogP contribution in [0.25, 0.3) is 0 Å². The third-order valence-electron chi connectivity index (χ3n) is 4.54. The largest absolute Gasteiger partial charge is 0.365 e. The van der Waals surface area contributed by atoms with E-state index in [0.717, 1.165) is 6.42 Å². The monoisotopic (exact) mass is 254 g/mol. The molecule has 0 aromatic heterocycles. The zero-order valence-corrected chi connectivity index (χ0v) is 11.5. The van der Waals surface area contributed by atoms with Crippen LogP contribution in [0.2, 0.25) is 0 Å². The standard InChI is InChI=1S/C18H22O/c1-2-14-13-17(15-9-5-3-6-10-15)19-18(14)16-11-7-4-8-12-16/h3,5-6,9-10,16-18H,1,4,7-8,11-13H2/t17-,18+/m0/s1. The van der Waals surface area contributed by atoms with Crippen LogP contribution < -0.4 is 0 Å². The molecule has 1 aliphatic heterocycles. The molecule has 0 amide bonds. The summed E-state index contributed by atoms with van der Waals surface area (Å²) >= 11 is 0. The molecule has 100 valence electrons. The van der Waals surface area contributed by atoms with Gasteiger partial charge in [-0.05, 0) is 24.3 Å². The lowest BCUT2D eigenvalue weighted by molar-refractivity contribution is 0.00924. The summed E-state index contributed by atoms with van der Waals surface area (Å²) in [6.07, 6.45) is 8.14. The van der Waals surface area contributed by atoms with Crippen LogP contribution >= 0.6 is 0 Å². The van der Waals surface area contributed by atoms with E-state index in [2.05, 4.69) is 42.6 Å². The lowest BCUT2D eigenvalue weighted by atomic mass is 9.83. The van der Waals surface area contributed by atoms with Crippen molar-refractivity contribution in [2.45, 2.75) is 50.7 Å². The van der Waals surface area contributed by atoms with Crippen molar-refractivity contribution < 1.29 is 4.74 Å². The maximum Gasteiger partial charge on any atom is 0.0896 e. The fraction of sp³-hybridized carbons (Fsp3) is 0.500. The molecule has 19 heavy (non-hydrogen) atoms. The van der Waals surface area contributed by atoms with Gasteiger partial charge in [0.2, 0.25) is 0 Å². The van der Waals surface area contributed by atoms with Crippen molar-refractivity contribution in [1.82, 2.24) is 0 Å². The minimum absolute atomic E-state index is 0.206. The summed E-state index contributed by atoms with van der Waals surface area (Å²) in [6, 6.07) is 10.6. The number of hydrogen-bond donors (Lipinski definition) is 0. The highest BCUT2D eigenvalue weighted by Crippen LogP contribution is 2.42. The van der Waals surface area contributed by atoms with Gasteiger partial charge in [0.1, 0.15) is 0 Å². The maximum absolute atomic E-state index is 6.35. The molecule has 1 nitrogen and oxygen atoms in total. The van der Waals surface area contributed by atoms with Gasteiger partial charge in [0.05, 0.1) is 12.2 Å². The second kappa shape index (κ2) is 5.77. The Hall–Kier alpha value is -1.30. The van der Waals surface area contributed by atoms with Crippen LogP contribution in [0.5, 0.6) is 0 Å².